The molecule has 0 bridgehead atoms. The highest BCUT2D eigenvalue weighted by molar-refractivity contribution is 7.92. The topological polar surface area (TPSA) is 105 Å². The van der Waals surface area contributed by atoms with Crippen molar-refractivity contribution in [2.75, 3.05) is 30.6 Å². The predicted molar refractivity (Wildman–Crippen MR) is 163 cm³/mol. The third-order valence-electron chi connectivity index (χ3n) is 6.77. The normalized spacial score (nSPS) is 13.2. The molecule has 1 N–H and O–H groups in total. The van der Waals surface area contributed by atoms with Crippen LogP contribution in [-0.4, -0.2) is 57.5 Å². The first kappa shape index (κ1) is 32.4. The number of fused-ring (bicyclic) bond motifs is 1. The molecule has 13 heteroatoms. The summed E-state index contributed by atoms with van der Waals surface area (Å²) >= 11 is 12.3. The van der Waals surface area contributed by atoms with E-state index in [9.17, 15) is 22.4 Å². The highest BCUT2D eigenvalue weighted by Crippen LogP contribution is 2.34. The first-order valence-corrected chi connectivity index (χ1v) is 15.9. The molecule has 3 aromatic carbocycles. The van der Waals surface area contributed by atoms with Crippen LogP contribution in [-0.2, 0) is 26.2 Å². The molecule has 9 nitrogen and oxygen atoms in total. The standard InChI is InChI=1S/C30H32Cl2FN3O6S/c1-3-13-34-30(38)26(4-2)35(18-20-5-11-24(31)25(32)16-20)29(37)19-36(22-8-6-21(33)7-9-22)43(39,40)23-10-12-27-28(17-23)42-15-14-41-27/h5-12,16-17,26H,3-4,13-15,18-19H2,1-2H3,(H,34,38)/t26-/m0/s1. The molecular weight excluding hydrogens is 620 g/mol. The summed E-state index contributed by atoms with van der Waals surface area (Å²) in [6.45, 7) is 3.92. The van der Waals surface area contributed by atoms with Crippen molar-refractivity contribution >= 4 is 50.7 Å². The maximum Gasteiger partial charge on any atom is 0.264 e. The Morgan fingerprint density at radius 1 is 0.953 bits per heavy atom. The van der Waals surface area contributed by atoms with Gasteiger partial charge < -0.3 is 19.7 Å². The zero-order chi connectivity index (χ0) is 31.1. The minimum absolute atomic E-state index is 0.0465. The Bertz CT molecular complexity index is 1570. The van der Waals surface area contributed by atoms with E-state index in [0.29, 0.717) is 35.9 Å². The van der Waals surface area contributed by atoms with Crippen molar-refractivity contribution in [1.29, 1.82) is 0 Å². The van der Waals surface area contributed by atoms with Gasteiger partial charge in [0.05, 0.1) is 20.6 Å². The molecule has 43 heavy (non-hydrogen) atoms. The van der Waals surface area contributed by atoms with Gasteiger partial charge >= 0.3 is 0 Å². The second-order valence-corrected chi connectivity index (χ2v) is 12.5. The van der Waals surface area contributed by atoms with Crippen LogP contribution in [0.1, 0.15) is 32.3 Å². The average molecular weight is 653 g/mol. The number of hydrogen-bond donors (Lipinski definition) is 1. The van der Waals surface area contributed by atoms with Crippen LogP contribution in [0.15, 0.2) is 65.6 Å². The maximum atomic E-state index is 14.1. The van der Waals surface area contributed by atoms with Crippen molar-refractivity contribution < 1.29 is 31.9 Å². The van der Waals surface area contributed by atoms with Crippen molar-refractivity contribution in [3.05, 3.63) is 82.1 Å². The first-order chi connectivity index (χ1) is 20.5. The van der Waals surface area contributed by atoms with E-state index in [-0.39, 0.29) is 46.8 Å². The second-order valence-electron chi connectivity index (χ2n) is 9.78. The van der Waals surface area contributed by atoms with Crippen LogP contribution in [0.4, 0.5) is 10.1 Å². The zero-order valence-electron chi connectivity index (χ0n) is 23.7. The van der Waals surface area contributed by atoms with E-state index in [4.69, 9.17) is 32.7 Å². The molecular formula is C30H32Cl2FN3O6S. The number of carbonyl (C=O) groups excluding carboxylic acids is 2. The zero-order valence-corrected chi connectivity index (χ0v) is 26.0. The van der Waals surface area contributed by atoms with Crippen molar-refractivity contribution in [3.63, 3.8) is 0 Å². The largest absolute Gasteiger partial charge is 0.486 e. The van der Waals surface area contributed by atoms with Crippen molar-refractivity contribution in [1.82, 2.24) is 10.2 Å². The molecule has 0 saturated carbocycles. The summed E-state index contributed by atoms with van der Waals surface area (Å²) in [6.07, 6.45) is 0.948. The van der Waals surface area contributed by atoms with E-state index >= 15 is 0 Å². The van der Waals surface area contributed by atoms with E-state index in [2.05, 4.69) is 5.32 Å². The number of amides is 2. The van der Waals surface area contributed by atoms with E-state index in [1.807, 2.05) is 6.92 Å². The molecule has 0 unspecified atom stereocenters. The van der Waals surface area contributed by atoms with Crippen LogP contribution in [0.5, 0.6) is 11.5 Å². The van der Waals surface area contributed by atoms with E-state index < -0.39 is 34.3 Å². The number of carbonyl (C=O) groups is 2. The van der Waals surface area contributed by atoms with Gasteiger partial charge in [0.15, 0.2) is 11.5 Å². The van der Waals surface area contributed by atoms with Gasteiger partial charge in [0.1, 0.15) is 31.6 Å². The molecule has 230 valence electrons. The minimum Gasteiger partial charge on any atom is -0.486 e. The molecule has 1 atom stereocenters. The molecule has 1 aliphatic rings. The molecule has 0 fully saturated rings. The monoisotopic (exact) mass is 651 g/mol. The smallest absolute Gasteiger partial charge is 0.264 e. The van der Waals surface area contributed by atoms with Crippen molar-refractivity contribution in [2.24, 2.45) is 0 Å². The van der Waals surface area contributed by atoms with Crippen LogP contribution in [0.25, 0.3) is 0 Å². The molecule has 0 spiro atoms. The summed E-state index contributed by atoms with van der Waals surface area (Å²) in [4.78, 5) is 28.5. The lowest BCUT2D eigenvalue weighted by Crippen LogP contribution is -2.52. The third kappa shape index (κ3) is 7.70. The van der Waals surface area contributed by atoms with Gasteiger partial charge in [-0.2, -0.15) is 0 Å². The number of nitrogens with zero attached hydrogens (tertiary/aromatic N) is 2. The van der Waals surface area contributed by atoms with Crippen LogP contribution < -0.4 is 19.1 Å². The average Bonchev–Trinajstić information content (AvgIpc) is 3.00. The lowest BCUT2D eigenvalue weighted by Gasteiger charge is -2.33. The molecule has 0 saturated heterocycles. The molecule has 0 radical (unpaired) electrons. The molecule has 2 amide bonds. The van der Waals surface area contributed by atoms with Gasteiger partial charge in [0.2, 0.25) is 11.8 Å². The van der Waals surface area contributed by atoms with Crippen LogP contribution in [0, 0.1) is 5.82 Å². The summed E-state index contributed by atoms with van der Waals surface area (Å²) in [5.74, 6) is -0.966. The second kappa shape index (κ2) is 14.3. The summed E-state index contributed by atoms with van der Waals surface area (Å²) in [5.41, 5.74) is 0.648. The lowest BCUT2D eigenvalue weighted by molar-refractivity contribution is -0.140. The van der Waals surface area contributed by atoms with Gasteiger partial charge in [0.25, 0.3) is 10.0 Å². The quantitative estimate of drug-likeness (QED) is 0.280. The Hall–Kier alpha value is -3.54. The SMILES string of the molecule is CCCNC(=O)[C@H](CC)N(Cc1ccc(Cl)c(Cl)c1)C(=O)CN(c1ccc(F)cc1)S(=O)(=O)c1ccc2c(c1)OCCO2. The van der Waals surface area contributed by atoms with E-state index in [0.717, 1.165) is 16.4 Å². The van der Waals surface area contributed by atoms with Crippen LogP contribution >= 0.6 is 23.2 Å². The number of rotatable bonds is 12. The first-order valence-electron chi connectivity index (χ1n) is 13.7. The van der Waals surface area contributed by atoms with Gasteiger partial charge in [0, 0.05) is 19.2 Å². The predicted octanol–water partition coefficient (Wildman–Crippen LogP) is 5.43. The number of halogens is 3. The third-order valence-corrected chi connectivity index (χ3v) is 9.28. The lowest BCUT2D eigenvalue weighted by atomic mass is 10.1. The number of nitrogens with one attached hydrogen (secondary N) is 1. The summed E-state index contributed by atoms with van der Waals surface area (Å²) in [7, 11) is -4.39. The Kier molecular flexibility index (Phi) is 10.8. The van der Waals surface area contributed by atoms with Gasteiger partial charge in [-0.25, -0.2) is 12.8 Å². The van der Waals surface area contributed by atoms with E-state index in [1.54, 1.807) is 25.1 Å². The summed E-state index contributed by atoms with van der Waals surface area (Å²) in [6, 6.07) is 12.8. The van der Waals surface area contributed by atoms with Gasteiger partial charge in [-0.05, 0) is 66.9 Å². The number of hydrogen-bond acceptors (Lipinski definition) is 6. The number of benzene rings is 3. The highest BCUT2D eigenvalue weighted by Gasteiger charge is 2.34. The number of anilines is 1. The minimum atomic E-state index is -4.39. The van der Waals surface area contributed by atoms with Crippen LogP contribution in [0.2, 0.25) is 10.0 Å². The van der Waals surface area contributed by atoms with Crippen LogP contribution in [0.3, 0.4) is 0 Å². The molecule has 3 aromatic rings. The number of sulfonamides is 1. The highest BCUT2D eigenvalue weighted by atomic mass is 35.5. The number of ether oxygens (including phenoxy) is 2. The van der Waals surface area contributed by atoms with Crippen molar-refractivity contribution in [3.8, 4) is 11.5 Å². The fourth-order valence-electron chi connectivity index (χ4n) is 4.57. The fourth-order valence-corrected chi connectivity index (χ4v) is 6.32. The summed E-state index contributed by atoms with van der Waals surface area (Å²) in [5, 5.41) is 3.41. The molecule has 1 aliphatic heterocycles. The summed E-state index contributed by atoms with van der Waals surface area (Å²) < 4.78 is 54.0. The van der Waals surface area contributed by atoms with Crippen molar-refractivity contribution in [2.45, 2.75) is 44.2 Å². The Balaban J connectivity index is 1.74. The van der Waals surface area contributed by atoms with Gasteiger partial charge in [-0.1, -0.05) is 43.1 Å². The Labute approximate surface area is 260 Å². The molecule has 1 heterocycles. The van der Waals surface area contributed by atoms with Gasteiger partial charge in [-0.15, -0.1) is 0 Å². The molecule has 0 aromatic heterocycles. The fraction of sp³-hybridized carbons (Fsp3) is 0.333. The Morgan fingerprint density at radius 2 is 1.65 bits per heavy atom. The van der Waals surface area contributed by atoms with Gasteiger partial charge in [-0.3, -0.25) is 13.9 Å². The Morgan fingerprint density at radius 3 is 2.30 bits per heavy atom. The molecule has 4 rings (SSSR count). The maximum absolute atomic E-state index is 14.1. The van der Waals surface area contributed by atoms with E-state index in [1.165, 1.54) is 35.2 Å². The molecule has 0 aliphatic carbocycles.